The Morgan fingerprint density at radius 3 is 2.14 bits per heavy atom. The van der Waals surface area contributed by atoms with Gasteiger partial charge in [0.1, 0.15) is 0 Å². The van der Waals surface area contributed by atoms with Gasteiger partial charge in [-0.05, 0) is 26.8 Å². The summed E-state index contributed by atoms with van der Waals surface area (Å²) < 4.78 is 15.1. The Hall–Kier alpha value is -0.870. The third kappa shape index (κ3) is 6.62. The van der Waals surface area contributed by atoms with Gasteiger partial charge in [0, 0.05) is 19.3 Å². The minimum atomic E-state index is -0.464. The van der Waals surface area contributed by atoms with Crippen molar-refractivity contribution < 1.29 is 19.0 Å². The van der Waals surface area contributed by atoms with E-state index in [-0.39, 0.29) is 5.97 Å². The van der Waals surface area contributed by atoms with Gasteiger partial charge in [0.25, 0.3) is 0 Å². The van der Waals surface area contributed by atoms with Gasteiger partial charge < -0.3 is 14.2 Å². The van der Waals surface area contributed by atoms with E-state index in [0.29, 0.717) is 19.8 Å². The Kier molecular flexibility index (Phi) is 8.17. The van der Waals surface area contributed by atoms with Gasteiger partial charge in [-0.15, -0.1) is 0 Å². The zero-order valence-corrected chi connectivity index (χ0v) is 8.99. The van der Waals surface area contributed by atoms with Gasteiger partial charge >= 0.3 is 5.97 Å². The van der Waals surface area contributed by atoms with Crippen LogP contribution in [0.25, 0.3) is 0 Å². The predicted octanol–water partition coefficient (Wildman–Crippen LogP) is 1.50. The molecule has 0 spiro atoms. The van der Waals surface area contributed by atoms with Crippen molar-refractivity contribution in [2.45, 2.75) is 27.1 Å². The SMILES string of the molecule is CCOC(=O)/C=C/C(OCC)OCC. The molecule has 0 atom stereocenters. The van der Waals surface area contributed by atoms with E-state index >= 15 is 0 Å². The summed E-state index contributed by atoms with van der Waals surface area (Å²) >= 11 is 0. The van der Waals surface area contributed by atoms with E-state index < -0.39 is 6.29 Å². The number of esters is 1. The topological polar surface area (TPSA) is 44.8 Å². The molecule has 0 aromatic heterocycles. The second-order valence-corrected chi connectivity index (χ2v) is 2.39. The molecule has 0 aliphatic rings. The molecular weight excluding hydrogens is 184 g/mol. The molecule has 0 aromatic carbocycles. The van der Waals surface area contributed by atoms with Gasteiger partial charge in [-0.3, -0.25) is 0 Å². The smallest absolute Gasteiger partial charge is 0.330 e. The third-order valence-electron chi connectivity index (χ3n) is 1.34. The first-order valence-corrected chi connectivity index (χ1v) is 4.82. The van der Waals surface area contributed by atoms with Gasteiger partial charge in [0.15, 0.2) is 6.29 Å². The lowest BCUT2D eigenvalue weighted by Crippen LogP contribution is -2.15. The van der Waals surface area contributed by atoms with Crippen molar-refractivity contribution in [3.63, 3.8) is 0 Å². The van der Waals surface area contributed by atoms with Crippen LogP contribution in [0.1, 0.15) is 20.8 Å². The van der Waals surface area contributed by atoms with Crippen molar-refractivity contribution in [3.05, 3.63) is 12.2 Å². The van der Waals surface area contributed by atoms with Gasteiger partial charge in [-0.2, -0.15) is 0 Å². The van der Waals surface area contributed by atoms with Crippen LogP contribution in [0.5, 0.6) is 0 Å². The molecule has 0 aliphatic heterocycles. The summed E-state index contributed by atoms with van der Waals surface area (Å²) in [5, 5.41) is 0. The molecule has 0 N–H and O–H groups in total. The largest absolute Gasteiger partial charge is 0.463 e. The first-order valence-electron chi connectivity index (χ1n) is 4.82. The molecule has 0 unspecified atom stereocenters. The van der Waals surface area contributed by atoms with Crippen molar-refractivity contribution in [1.29, 1.82) is 0 Å². The van der Waals surface area contributed by atoms with Crippen LogP contribution >= 0.6 is 0 Å². The van der Waals surface area contributed by atoms with Gasteiger partial charge in [0.05, 0.1) is 6.61 Å². The molecule has 82 valence electrons. The van der Waals surface area contributed by atoms with E-state index in [9.17, 15) is 4.79 Å². The highest BCUT2D eigenvalue weighted by atomic mass is 16.7. The van der Waals surface area contributed by atoms with Crippen molar-refractivity contribution in [2.24, 2.45) is 0 Å². The van der Waals surface area contributed by atoms with E-state index in [4.69, 9.17) is 14.2 Å². The summed E-state index contributed by atoms with van der Waals surface area (Å²) in [6, 6.07) is 0. The van der Waals surface area contributed by atoms with Crippen molar-refractivity contribution >= 4 is 5.97 Å². The van der Waals surface area contributed by atoms with Crippen molar-refractivity contribution in [1.82, 2.24) is 0 Å². The summed E-state index contributed by atoms with van der Waals surface area (Å²) in [6.07, 6.45) is 2.40. The minimum Gasteiger partial charge on any atom is -0.463 e. The molecular formula is C10H18O4. The van der Waals surface area contributed by atoms with Crippen LogP contribution in [0, 0.1) is 0 Å². The highest BCUT2D eigenvalue weighted by Crippen LogP contribution is 1.97. The number of ether oxygens (including phenoxy) is 3. The molecule has 0 aromatic rings. The summed E-state index contributed by atoms with van der Waals surface area (Å²) in [4.78, 5) is 10.9. The van der Waals surface area contributed by atoms with Crippen molar-refractivity contribution in [3.8, 4) is 0 Å². The van der Waals surface area contributed by atoms with Crippen LogP contribution in [0.15, 0.2) is 12.2 Å². The normalized spacial score (nSPS) is 11.1. The molecule has 4 nitrogen and oxygen atoms in total. The van der Waals surface area contributed by atoms with Gasteiger partial charge in [-0.1, -0.05) is 0 Å². The average Bonchev–Trinajstić information content (AvgIpc) is 2.15. The lowest BCUT2D eigenvalue weighted by molar-refractivity contribution is -0.137. The fourth-order valence-corrected chi connectivity index (χ4v) is 0.835. The second kappa shape index (κ2) is 8.72. The molecule has 14 heavy (non-hydrogen) atoms. The van der Waals surface area contributed by atoms with E-state index in [1.165, 1.54) is 6.08 Å². The molecule has 0 saturated heterocycles. The maximum Gasteiger partial charge on any atom is 0.330 e. The molecule has 0 fully saturated rings. The Morgan fingerprint density at radius 1 is 1.14 bits per heavy atom. The fraction of sp³-hybridized carbons (Fsp3) is 0.700. The Morgan fingerprint density at radius 2 is 1.71 bits per heavy atom. The summed E-state index contributed by atoms with van der Waals surface area (Å²) in [6.45, 7) is 6.94. The Balaban J connectivity index is 3.93. The summed E-state index contributed by atoms with van der Waals surface area (Å²) in [7, 11) is 0. The monoisotopic (exact) mass is 202 g/mol. The predicted molar refractivity (Wildman–Crippen MR) is 52.8 cm³/mol. The van der Waals surface area contributed by atoms with Gasteiger partial charge in [0.2, 0.25) is 0 Å². The zero-order valence-electron chi connectivity index (χ0n) is 8.99. The maximum absolute atomic E-state index is 10.9. The van der Waals surface area contributed by atoms with Gasteiger partial charge in [-0.25, -0.2) is 4.79 Å². The highest BCUT2D eigenvalue weighted by molar-refractivity contribution is 5.81. The Bertz CT molecular complexity index is 171. The lowest BCUT2D eigenvalue weighted by atomic mass is 10.5. The number of hydrogen-bond donors (Lipinski definition) is 0. The summed E-state index contributed by atoms with van der Waals surface area (Å²) in [5.41, 5.74) is 0. The lowest BCUT2D eigenvalue weighted by Gasteiger charge is -2.11. The Labute approximate surface area is 84.8 Å². The minimum absolute atomic E-state index is 0.372. The van der Waals surface area contributed by atoms with Crippen LogP contribution in [0.4, 0.5) is 0 Å². The van der Waals surface area contributed by atoms with Crippen molar-refractivity contribution in [2.75, 3.05) is 19.8 Å². The number of carbonyl (C=O) groups is 1. The van der Waals surface area contributed by atoms with Crippen LogP contribution < -0.4 is 0 Å². The van der Waals surface area contributed by atoms with Crippen LogP contribution in [0.2, 0.25) is 0 Å². The van der Waals surface area contributed by atoms with Crippen LogP contribution in [-0.4, -0.2) is 32.1 Å². The number of hydrogen-bond acceptors (Lipinski definition) is 4. The molecule has 0 rings (SSSR count). The van der Waals surface area contributed by atoms with Crippen LogP contribution in [-0.2, 0) is 19.0 Å². The first-order chi connectivity index (χ1) is 6.74. The molecule has 0 radical (unpaired) electrons. The standard InChI is InChI=1S/C10H18O4/c1-4-12-9(11)7-8-10(13-5-2)14-6-3/h7-8,10H,4-6H2,1-3H3/b8-7+. The molecule has 4 heteroatoms. The highest BCUT2D eigenvalue weighted by Gasteiger charge is 2.03. The molecule has 0 saturated carbocycles. The quantitative estimate of drug-likeness (QED) is 0.356. The molecule has 0 bridgehead atoms. The number of rotatable bonds is 7. The van der Waals surface area contributed by atoms with E-state index in [1.807, 2.05) is 13.8 Å². The van der Waals surface area contributed by atoms with Crippen LogP contribution in [0.3, 0.4) is 0 Å². The fourth-order valence-electron chi connectivity index (χ4n) is 0.835. The third-order valence-corrected chi connectivity index (χ3v) is 1.34. The molecule has 0 heterocycles. The molecule has 0 aliphatic carbocycles. The van der Waals surface area contributed by atoms with E-state index in [1.54, 1.807) is 13.0 Å². The first kappa shape index (κ1) is 13.1. The second-order valence-electron chi connectivity index (χ2n) is 2.39. The number of carbonyl (C=O) groups excluding carboxylic acids is 1. The zero-order chi connectivity index (χ0) is 10.8. The molecule has 0 amide bonds. The summed E-state index contributed by atoms with van der Waals surface area (Å²) in [5.74, 6) is -0.378. The average molecular weight is 202 g/mol. The van der Waals surface area contributed by atoms with E-state index in [2.05, 4.69) is 0 Å². The maximum atomic E-state index is 10.9. The van der Waals surface area contributed by atoms with E-state index in [0.717, 1.165) is 0 Å².